The van der Waals surface area contributed by atoms with Crippen molar-refractivity contribution in [3.63, 3.8) is 0 Å². The molecule has 14 heavy (non-hydrogen) atoms. The normalized spacial score (nSPS) is 10.4. The van der Waals surface area contributed by atoms with Gasteiger partial charge in [-0.3, -0.25) is 4.79 Å². The molecule has 0 fully saturated rings. The number of methoxy groups -OCH3 is 1. The van der Waals surface area contributed by atoms with E-state index < -0.39 is 17.1 Å². The fourth-order valence-electron chi connectivity index (χ4n) is 0.946. The molecule has 0 N–H and O–H groups in total. The highest BCUT2D eigenvalue weighted by Crippen LogP contribution is 2.34. The van der Waals surface area contributed by atoms with Crippen LogP contribution in [0.15, 0.2) is 6.07 Å². The highest BCUT2D eigenvalue weighted by molar-refractivity contribution is 6.30. The zero-order chi connectivity index (χ0) is 10.7. The third-order valence-corrected chi connectivity index (χ3v) is 1.84. The number of halogens is 3. The van der Waals surface area contributed by atoms with Crippen molar-refractivity contribution in [3.05, 3.63) is 22.5 Å². The van der Waals surface area contributed by atoms with Gasteiger partial charge in [0.15, 0.2) is 6.29 Å². The number of hydrogen-bond donors (Lipinski definition) is 0. The van der Waals surface area contributed by atoms with Crippen LogP contribution in [-0.4, -0.2) is 18.4 Å². The van der Waals surface area contributed by atoms with Crippen LogP contribution in [0.2, 0.25) is 5.15 Å². The SMILES string of the molecule is COc1cc(C=O)nc(Cl)c1C(F)F. The van der Waals surface area contributed by atoms with Crippen molar-refractivity contribution in [3.8, 4) is 5.75 Å². The molecule has 0 saturated heterocycles. The van der Waals surface area contributed by atoms with E-state index in [2.05, 4.69) is 9.72 Å². The van der Waals surface area contributed by atoms with Gasteiger partial charge in [-0.1, -0.05) is 11.6 Å². The van der Waals surface area contributed by atoms with Crippen LogP contribution in [0.4, 0.5) is 8.78 Å². The smallest absolute Gasteiger partial charge is 0.270 e. The highest BCUT2D eigenvalue weighted by atomic mass is 35.5. The molecule has 0 spiro atoms. The van der Waals surface area contributed by atoms with Crippen LogP contribution in [0.5, 0.6) is 5.75 Å². The summed E-state index contributed by atoms with van der Waals surface area (Å²) in [6, 6.07) is 1.11. The predicted molar refractivity (Wildman–Crippen MR) is 46.1 cm³/mol. The second kappa shape index (κ2) is 4.32. The molecule has 76 valence electrons. The van der Waals surface area contributed by atoms with Crippen molar-refractivity contribution in [1.29, 1.82) is 0 Å². The number of carbonyl (C=O) groups is 1. The van der Waals surface area contributed by atoms with Crippen LogP contribution in [0, 0.1) is 0 Å². The molecule has 0 aromatic carbocycles. The minimum atomic E-state index is -2.79. The Hall–Kier alpha value is -1.23. The molecule has 0 aliphatic rings. The van der Waals surface area contributed by atoms with Crippen LogP contribution in [0.3, 0.4) is 0 Å². The predicted octanol–water partition coefficient (Wildman–Crippen LogP) is 2.49. The largest absolute Gasteiger partial charge is 0.496 e. The van der Waals surface area contributed by atoms with E-state index in [1.807, 2.05) is 0 Å². The van der Waals surface area contributed by atoms with Crippen LogP contribution < -0.4 is 4.74 Å². The molecule has 1 aromatic rings. The van der Waals surface area contributed by atoms with Crippen molar-refractivity contribution in [2.45, 2.75) is 6.43 Å². The Morgan fingerprint density at radius 2 is 2.29 bits per heavy atom. The van der Waals surface area contributed by atoms with Gasteiger partial charge >= 0.3 is 0 Å². The van der Waals surface area contributed by atoms with Gasteiger partial charge in [0, 0.05) is 6.07 Å². The first-order valence-corrected chi connectivity index (χ1v) is 3.95. The summed E-state index contributed by atoms with van der Waals surface area (Å²) in [4.78, 5) is 13.8. The van der Waals surface area contributed by atoms with E-state index in [0.717, 1.165) is 6.07 Å². The lowest BCUT2D eigenvalue weighted by molar-refractivity contribution is 0.111. The zero-order valence-corrected chi connectivity index (χ0v) is 7.89. The topological polar surface area (TPSA) is 39.2 Å². The number of nitrogens with zero attached hydrogens (tertiary/aromatic N) is 1. The Bertz CT molecular complexity index is 357. The van der Waals surface area contributed by atoms with Gasteiger partial charge in [0.25, 0.3) is 6.43 Å². The molecule has 1 heterocycles. The number of alkyl halides is 2. The molecule has 0 aliphatic heterocycles. The Kier molecular flexibility index (Phi) is 3.35. The van der Waals surface area contributed by atoms with Gasteiger partial charge in [-0.05, 0) is 0 Å². The second-order valence-corrected chi connectivity index (χ2v) is 2.73. The van der Waals surface area contributed by atoms with Crippen LogP contribution in [0.1, 0.15) is 22.5 Å². The monoisotopic (exact) mass is 221 g/mol. The Morgan fingerprint density at radius 3 is 2.71 bits per heavy atom. The molecule has 0 amide bonds. The number of carbonyl (C=O) groups excluding carboxylic acids is 1. The molecule has 6 heteroatoms. The first kappa shape index (κ1) is 10.8. The van der Waals surface area contributed by atoms with E-state index in [1.165, 1.54) is 7.11 Å². The lowest BCUT2D eigenvalue weighted by Gasteiger charge is -2.09. The van der Waals surface area contributed by atoms with Crippen molar-refractivity contribution < 1.29 is 18.3 Å². The summed E-state index contributed by atoms with van der Waals surface area (Å²) in [7, 11) is 1.21. The van der Waals surface area contributed by atoms with E-state index >= 15 is 0 Å². The van der Waals surface area contributed by atoms with E-state index in [4.69, 9.17) is 11.6 Å². The summed E-state index contributed by atoms with van der Waals surface area (Å²) in [5.74, 6) is -0.137. The Balaban J connectivity index is 3.34. The number of aldehydes is 1. The minimum Gasteiger partial charge on any atom is -0.496 e. The van der Waals surface area contributed by atoms with E-state index in [-0.39, 0.29) is 11.4 Å². The summed E-state index contributed by atoms with van der Waals surface area (Å²) < 4.78 is 29.5. The number of pyridine rings is 1. The fraction of sp³-hybridized carbons (Fsp3) is 0.250. The highest BCUT2D eigenvalue weighted by Gasteiger charge is 2.20. The third-order valence-electron chi connectivity index (χ3n) is 1.55. The molecular formula is C8H6ClF2NO2. The summed E-state index contributed by atoms with van der Waals surface area (Å²) in [6.07, 6.45) is -2.38. The first-order chi connectivity index (χ1) is 6.60. The standard InChI is InChI=1S/C8H6ClF2NO2/c1-14-5-2-4(3-13)12-7(9)6(5)8(10)11/h2-3,8H,1H3. The first-order valence-electron chi connectivity index (χ1n) is 3.58. The van der Waals surface area contributed by atoms with Crippen molar-refractivity contribution in [1.82, 2.24) is 4.98 Å². The molecule has 0 radical (unpaired) electrons. The maximum Gasteiger partial charge on any atom is 0.270 e. The van der Waals surface area contributed by atoms with E-state index in [1.54, 1.807) is 0 Å². The summed E-state index contributed by atoms with van der Waals surface area (Å²) >= 11 is 5.46. The van der Waals surface area contributed by atoms with Crippen molar-refractivity contribution in [2.75, 3.05) is 7.11 Å². The molecule has 0 unspecified atom stereocenters. The number of aromatic nitrogens is 1. The molecule has 0 bridgehead atoms. The van der Waals surface area contributed by atoms with Gasteiger partial charge in [0.05, 0.1) is 12.7 Å². The van der Waals surface area contributed by atoms with Crippen LogP contribution in [0.25, 0.3) is 0 Å². The van der Waals surface area contributed by atoms with E-state index in [0.29, 0.717) is 6.29 Å². The average Bonchev–Trinajstić information content (AvgIpc) is 2.15. The maximum absolute atomic E-state index is 12.4. The van der Waals surface area contributed by atoms with Gasteiger partial charge in [0.1, 0.15) is 16.6 Å². The van der Waals surface area contributed by atoms with Crippen LogP contribution in [-0.2, 0) is 0 Å². The minimum absolute atomic E-state index is 0.0451. The van der Waals surface area contributed by atoms with Crippen LogP contribution >= 0.6 is 11.6 Å². The lowest BCUT2D eigenvalue weighted by atomic mass is 10.2. The van der Waals surface area contributed by atoms with Crippen molar-refractivity contribution >= 4 is 17.9 Å². The number of hydrogen-bond acceptors (Lipinski definition) is 3. The lowest BCUT2D eigenvalue weighted by Crippen LogP contribution is -1.99. The van der Waals surface area contributed by atoms with E-state index in [9.17, 15) is 13.6 Å². The maximum atomic E-state index is 12.4. The molecule has 0 atom stereocenters. The summed E-state index contributed by atoms with van der Waals surface area (Å²) in [6.45, 7) is 0. The number of ether oxygens (including phenoxy) is 1. The molecular weight excluding hydrogens is 216 g/mol. The molecule has 1 rings (SSSR count). The Labute approximate surface area is 83.7 Å². The molecule has 0 saturated carbocycles. The molecule has 3 nitrogen and oxygen atoms in total. The number of rotatable bonds is 3. The molecule has 1 aromatic heterocycles. The zero-order valence-electron chi connectivity index (χ0n) is 7.13. The van der Waals surface area contributed by atoms with Gasteiger partial charge in [0.2, 0.25) is 0 Å². The molecule has 0 aliphatic carbocycles. The summed E-state index contributed by atoms with van der Waals surface area (Å²) in [5.41, 5.74) is -0.545. The second-order valence-electron chi connectivity index (χ2n) is 2.37. The van der Waals surface area contributed by atoms with Gasteiger partial charge in [-0.25, -0.2) is 13.8 Å². The van der Waals surface area contributed by atoms with Gasteiger partial charge in [-0.15, -0.1) is 0 Å². The fourth-order valence-corrected chi connectivity index (χ4v) is 1.22. The Morgan fingerprint density at radius 1 is 1.64 bits per heavy atom. The third kappa shape index (κ3) is 1.98. The quantitative estimate of drug-likeness (QED) is 0.582. The summed E-state index contributed by atoms with van der Waals surface area (Å²) in [5, 5.41) is -0.415. The van der Waals surface area contributed by atoms with Gasteiger partial charge in [-0.2, -0.15) is 0 Å². The van der Waals surface area contributed by atoms with Gasteiger partial charge < -0.3 is 4.74 Å². The van der Waals surface area contributed by atoms with Crippen molar-refractivity contribution in [2.24, 2.45) is 0 Å². The average molecular weight is 222 g/mol.